The van der Waals surface area contributed by atoms with Crippen molar-refractivity contribution in [3.8, 4) is 0 Å². The first-order chi connectivity index (χ1) is 12.0. The number of aliphatic hydroxyl groups excluding tert-OH is 1. The van der Waals surface area contributed by atoms with Gasteiger partial charge in [-0.25, -0.2) is 0 Å². The van der Waals surface area contributed by atoms with E-state index in [0.717, 1.165) is 35.5 Å². The summed E-state index contributed by atoms with van der Waals surface area (Å²) in [7, 11) is 5.44. The van der Waals surface area contributed by atoms with Crippen LogP contribution in [-0.4, -0.2) is 60.7 Å². The van der Waals surface area contributed by atoms with Gasteiger partial charge in [0, 0.05) is 38.0 Å². The fourth-order valence-electron chi connectivity index (χ4n) is 2.98. The van der Waals surface area contributed by atoms with Crippen molar-refractivity contribution < 1.29 is 24.1 Å². The van der Waals surface area contributed by atoms with Crippen molar-refractivity contribution in [2.24, 2.45) is 0 Å². The maximum Gasteiger partial charge on any atom is 0.278 e. The van der Waals surface area contributed by atoms with Crippen molar-refractivity contribution >= 4 is 16.1 Å². The Hall–Kier alpha value is -0.473. The Bertz CT molecular complexity index is 335. The van der Waals surface area contributed by atoms with Crippen LogP contribution in [0.25, 0.3) is 0 Å². The number of aliphatic hydroxyl groups is 1. The van der Waals surface area contributed by atoms with Crippen molar-refractivity contribution in [1.82, 2.24) is 5.32 Å². The largest absolute Gasteiger partial charge is 0.393 e. The van der Waals surface area contributed by atoms with E-state index in [2.05, 4.69) is 12.2 Å². The summed E-state index contributed by atoms with van der Waals surface area (Å²) < 4.78 is 16.2. The van der Waals surface area contributed by atoms with Crippen LogP contribution in [0.3, 0.4) is 0 Å². The highest BCUT2D eigenvalue weighted by Gasteiger charge is 2.40. The van der Waals surface area contributed by atoms with Gasteiger partial charge in [0.25, 0.3) is 5.91 Å². The Morgan fingerprint density at radius 3 is 2.20 bits per heavy atom. The van der Waals surface area contributed by atoms with Gasteiger partial charge in [0.1, 0.15) is 6.10 Å². The van der Waals surface area contributed by atoms with Crippen LogP contribution >= 0.6 is 0 Å². The first-order valence-electron chi connectivity index (χ1n) is 9.61. The van der Waals surface area contributed by atoms with E-state index < -0.39 is 12.0 Å². The van der Waals surface area contributed by atoms with Gasteiger partial charge >= 0.3 is 0 Å². The highest BCUT2D eigenvalue weighted by Crippen LogP contribution is 2.19. The molecule has 0 heterocycles. The van der Waals surface area contributed by atoms with Crippen LogP contribution in [0.4, 0.5) is 0 Å². The Balaban J connectivity index is 4.18. The molecule has 2 unspecified atom stereocenters. The zero-order chi connectivity index (χ0) is 19.1. The normalized spacial score (nSPS) is 14.4. The van der Waals surface area contributed by atoms with Crippen LogP contribution < -0.4 is 5.32 Å². The van der Waals surface area contributed by atoms with Gasteiger partial charge in [-0.3, -0.25) is 4.79 Å². The van der Waals surface area contributed by atoms with Crippen LogP contribution in [-0.2, 0) is 19.0 Å². The number of unbranched alkanes of at least 4 members (excludes halogenated alkanes) is 5. The van der Waals surface area contributed by atoms with Crippen molar-refractivity contribution in [1.29, 1.82) is 0 Å². The Labute approximate surface area is 156 Å². The van der Waals surface area contributed by atoms with Crippen LogP contribution in [0, 0.1) is 0 Å². The molecular weight excluding hydrogens is 338 g/mol. The summed E-state index contributed by atoms with van der Waals surface area (Å²) in [6.07, 6.45) is 7.83. The first kappa shape index (κ1) is 24.5. The Morgan fingerprint density at radius 1 is 1.08 bits per heavy atom. The number of hydrogen-bond donors (Lipinski definition) is 2. The smallest absolute Gasteiger partial charge is 0.278 e. The fraction of sp³-hybridized carbons (Fsp3) is 0.944. The van der Waals surface area contributed by atoms with E-state index >= 15 is 0 Å². The minimum absolute atomic E-state index is 0.206. The first-order valence-corrected chi connectivity index (χ1v) is 11.0. The van der Waals surface area contributed by atoms with Gasteiger partial charge in [-0.1, -0.05) is 45.4 Å². The third-order valence-corrected chi connectivity index (χ3v) is 5.34. The second-order valence-electron chi connectivity index (χ2n) is 6.51. The molecule has 2 atom stereocenters. The lowest BCUT2D eigenvalue weighted by molar-refractivity contribution is -0.275. The molecule has 0 fully saturated rings. The van der Waals surface area contributed by atoms with Crippen LogP contribution in [0.15, 0.2) is 0 Å². The lowest BCUT2D eigenvalue weighted by Gasteiger charge is -2.37. The van der Waals surface area contributed by atoms with Crippen LogP contribution in [0.2, 0.25) is 6.04 Å². The van der Waals surface area contributed by atoms with E-state index in [1.54, 1.807) is 7.11 Å². The van der Waals surface area contributed by atoms with E-state index in [9.17, 15) is 9.90 Å². The monoisotopic (exact) mass is 377 g/mol. The summed E-state index contributed by atoms with van der Waals surface area (Å²) in [5, 5.41) is 12.8. The summed E-state index contributed by atoms with van der Waals surface area (Å²) in [5.74, 6) is -1.47. The molecule has 0 aromatic carbocycles. The molecule has 0 aliphatic heterocycles. The highest BCUT2D eigenvalue weighted by atomic mass is 28.1. The molecule has 1 amide bonds. The Kier molecular flexibility index (Phi) is 14.4. The molecule has 6 nitrogen and oxygen atoms in total. The molecule has 7 heteroatoms. The number of carbonyl (C=O) groups excluding carboxylic acids is 1. The molecule has 0 bridgehead atoms. The average Bonchev–Trinajstić information content (AvgIpc) is 2.62. The van der Waals surface area contributed by atoms with E-state index in [0.29, 0.717) is 6.42 Å². The highest BCUT2D eigenvalue weighted by molar-refractivity contribution is 6.09. The third-order valence-electron chi connectivity index (χ3n) is 4.59. The number of ether oxygens (including phenoxy) is 3. The lowest BCUT2D eigenvalue weighted by atomic mass is 10.0. The molecule has 0 saturated carbocycles. The molecule has 0 spiro atoms. The zero-order valence-corrected chi connectivity index (χ0v) is 18.8. The maximum atomic E-state index is 12.2. The van der Waals surface area contributed by atoms with Gasteiger partial charge in [0.05, 0.1) is 6.10 Å². The minimum Gasteiger partial charge on any atom is -0.393 e. The molecule has 0 rings (SSSR count). The lowest BCUT2D eigenvalue weighted by Crippen LogP contribution is -2.60. The minimum atomic E-state index is -1.27. The number of carbonyl (C=O) groups is 1. The van der Waals surface area contributed by atoms with Gasteiger partial charge in [0.2, 0.25) is 5.91 Å². The predicted octanol–water partition coefficient (Wildman–Crippen LogP) is 1.74. The van der Waals surface area contributed by atoms with Crippen LogP contribution in [0.5, 0.6) is 0 Å². The molecule has 0 aliphatic carbocycles. The topological polar surface area (TPSA) is 77.0 Å². The second kappa shape index (κ2) is 14.7. The van der Waals surface area contributed by atoms with Crippen molar-refractivity contribution in [2.45, 2.75) is 88.9 Å². The molecule has 0 aromatic rings. The number of methoxy groups -OCH3 is 3. The molecule has 0 radical (unpaired) electrons. The molecule has 2 N–H and O–H groups in total. The van der Waals surface area contributed by atoms with Gasteiger partial charge in [-0.2, -0.15) is 0 Å². The summed E-state index contributed by atoms with van der Waals surface area (Å²) in [6, 6.07) is 0.763. The van der Waals surface area contributed by atoms with Crippen molar-refractivity contribution in [2.75, 3.05) is 21.3 Å². The molecule has 150 valence electrons. The van der Waals surface area contributed by atoms with Gasteiger partial charge in [-0.15, -0.1) is 0 Å². The zero-order valence-electron chi connectivity index (χ0n) is 16.8. The predicted molar refractivity (Wildman–Crippen MR) is 104 cm³/mol. The third kappa shape index (κ3) is 9.70. The van der Waals surface area contributed by atoms with E-state index in [4.69, 9.17) is 14.2 Å². The quantitative estimate of drug-likeness (QED) is 0.243. The van der Waals surface area contributed by atoms with Gasteiger partial charge < -0.3 is 24.6 Å². The summed E-state index contributed by atoms with van der Waals surface area (Å²) in [6.45, 7) is 2.20. The molecular formula is C18H39NO5Si. The summed E-state index contributed by atoms with van der Waals surface area (Å²) >= 11 is 0. The molecule has 0 saturated heterocycles. The number of nitrogens with one attached hydrogen (secondary N) is 1. The van der Waals surface area contributed by atoms with Crippen molar-refractivity contribution in [3.63, 3.8) is 0 Å². The molecule has 0 aromatic heterocycles. The van der Waals surface area contributed by atoms with Crippen LogP contribution in [0.1, 0.15) is 64.7 Å². The molecule has 0 aliphatic rings. The average molecular weight is 378 g/mol. The fourth-order valence-corrected chi connectivity index (χ4v) is 3.85. The SMILES string of the molecule is CCCCCCCCC(O)CCC(=O)NC(OC)(OC)C(C[SiH3])OC. The van der Waals surface area contributed by atoms with Crippen molar-refractivity contribution in [3.05, 3.63) is 0 Å². The summed E-state index contributed by atoms with van der Waals surface area (Å²) in [5.41, 5.74) is 0. The number of hydrogen-bond acceptors (Lipinski definition) is 5. The maximum absolute atomic E-state index is 12.2. The van der Waals surface area contributed by atoms with Gasteiger partial charge in [0.15, 0.2) is 0 Å². The van der Waals surface area contributed by atoms with E-state index in [1.165, 1.54) is 39.9 Å². The van der Waals surface area contributed by atoms with E-state index in [-0.39, 0.29) is 18.4 Å². The number of amides is 1. The standard InChI is InChI=1S/C18H39NO5Si/c1-5-6-7-8-9-10-11-15(20)12-13-17(21)19-18(23-3,24-4)16(14-25)22-2/h15-16,20H,5-14H2,1-4,25H3,(H,19,21). The summed E-state index contributed by atoms with van der Waals surface area (Å²) in [4.78, 5) is 12.2. The van der Waals surface area contributed by atoms with E-state index in [1.807, 2.05) is 0 Å². The number of rotatable bonds is 16. The van der Waals surface area contributed by atoms with Gasteiger partial charge in [-0.05, 0) is 18.9 Å². The Morgan fingerprint density at radius 2 is 1.68 bits per heavy atom. The second-order valence-corrected chi connectivity index (χ2v) is 7.32. The molecule has 25 heavy (non-hydrogen) atoms.